The number of pyridine rings is 1. The summed E-state index contributed by atoms with van der Waals surface area (Å²) in [6.07, 6.45) is 5.56. The minimum absolute atomic E-state index is 0.715. The van der Waals surface area contributed by atoms with Crippen LogP contribution in [0.1, 0.15) is 11.3 Å². The first-order valence-electron chi connectivity index (χ1n) is 6.67. The van der Waals surface area contributed by atoms with Gasteiger partial charge in [0.2, 0.25) is 0 Å². The molecule has 0 fully saturated rings. The van der Waals surface area contributed by atoms with Crippen molar-refractivity contribution in [3.05, 3.63) is 70.7 Å². The number of aryl methyl sites for hydroxylation is 1. The number of halogens is 1. The van der Waals surface area contributed by atoms with Crippen molar-refractivity contribution >= 4 is 21.6 Å². The quantitative estimate of drug-likeness (QED) is 0.780. The van der Waals surface area contributed by atoms with E-state index in [1.165, 1.54) is 5.56 Å². The molecule has 0 aliphatic rings. The molecule has 0 aliphatic heterocycles. The van der Waals surface area contributed by atoms with Gasteiger partial charge in [-0.2, -0.15) is 5.10 Å². The van der Waals surface area contributed by atoms with E-state index in [2.05, 4.69) is 43.5 Å². The molecule has 3 rings (SSSR count). The van der Waals surface area contributed by atoms with Crippen molar-refractivity contribution in [3.8, 4) is 5.69 Å². The lowest BCUT2D eigenvalue weighted by molar-refractivity contribution is 0.848. The van der Waals surface area contributed by atoms with Crippen molar-refractivity contribution < 1.29 is 0 Å². The third kappa shape index (κ3) is 3.31. The molecule has 0 radical (unpaired) electrons. The molecule has 4 nitrogen and oxygen atoms in total. The lowest BCUT2D eigenvalue weighted by Gasteiger charge is -2.11. The molecule has 1 aromatic carbocycles. The maximum absolute atomic E-state index is 4.48. The number of hydrogen-bond donors (Lipinski definition) is 1. The fraction of sp³-hybridized carbons (Fsp3) is 0.125. The highest BCUT2D eigenvalue weighted by atomic mass is 79.9. The molecule has 106 valence electrons. The smallest absolute Gasteiger partial charge is 0.0695 e. The third-order valence-corrected chi connectivity index (χ3v) is 3.58. The minimum Gasteiger partial charge on any atom is -0.380 e. The number of benzene rings is 1. The second-order valence-corrected chi connectivity index (χ2v) is 5.69. The molecule has 1 N–H and O–H groups in total. The van der Waals surface area contributed by atoms with E-state index >= 15 is 0 Å². The molecule has 0 unspecified atom stereocenters. The van der Waals surface area contributed by atoms with Gasteiger partial charge in [-0.25, -0.2) is 4.68 Å². The van der Waals surface area contributed by atoms with E-state index in [0.717, 1.165) is 21.5 Å². The van der Waals surface area contributed by atoms with Gasteiger partial charge < -0.3 is 5.32 Å². The SMILES string of the molecule is Cc1ccn(-c2ccccc2CNc2cncc(Br)c2)n1. The Balaban J connectivity index is 1.83. The van der Waals surface area contributed by atoms with Gasteiger partial charge in [-0.3, -0.25) is 4.98 Å². The van der Waals surface area contributed by atoms with Gasteiger partial charge in [-0.05, 0) is 46.6 Å². The highest BCUT2D eigenvalue weighted by Gasteiger charge is 2.05. The summed E-state index contributed by atoms with van der Waals surface area (Å²) in [7, 11) is 0. The van der Waals surface area contributed by atoms with Gasteiger partial charge in [0.05, 0.1) is 23.3 Å². The van der Waals surface area contributed by atoms with Crippen LogP contribution in [0, 0.1) is 6.92 Å². The lowest BCUT2D eigenvalue weighted by Crippen LogP contribution is -2.06. The maximum atomic E-state index is 4.48. The molecule has 21 heavy (non-hydrogen) atoms. The highest BCUT2D eigenvalue weighted by Crippen LogP contribution is 2.18. The highest BCUT2D eigenvalue weighted by molar-refractivity contribution is 9.10. The topological polar surface area (TPSA) is 42.7 Å². The molecule has 2 heterocycles. The van der Waals surface area contributed by atoms with Crippen molar-refractivity contribution in [2.75, 3.05) is 5.32 Å². The zero-order valence-corrected chi connectivity index (χ0v) is 13.2. The largest absolute Gasteiger partial charge is 0.380 e. The fourth-order valence-electron chi connectivity index (χ4n) is 2.14. The number of rotatable bonds is 4. The van der Waals surface area contributed by atoms with Gasteiger partial charge in [0.25, 0.3) is 0 Å². The van der Waals surface area contributed by atoms with Crippen LogP contribution in [0.25, 0.3) is 5.69 Å². The Morgan fingerprint density at radius 1 is 1.19 bits per heavy atom. The predicted molar refractivity (Wildman–Crippen MR) is 87.6 cm³/mol. The van der Waals surface area contributed by atoms with Crippen molar-refractivity contribution in [2.45, 2.75) is 13.5 Å². The Hall–Kier alpha value is -2.14. The van der Waals surface area contributed by atoms with E-state index in [1.54, 1.807) is 6.20 Å². The van der Waals surface area contributed by atoms with Crippen LogP contribution in [0.3, 0.4) is 0 Å². The average Bonchev–Trinajstić information content (AvgIpc) is 2.92. The molecular weight excluding hydrogens is 328 g/mol. The Labute approximate surface area is 132 Å². The molecule has 0 amide bonds. The number of hydrogen-bond acceptors (Lipinski definition) is 3. The van der Waals surface area contributed by atoms with E-state index in [1.807, 2.05) is 48.3 Å². The monoisotopic (exact) mass is 342 g/mol. The molecular formula is C16H15BrN4. The number of nitrogens with zero attached hydrogens (tertiary/aromatic N) is 3. The fourth-order valence-corrected chi connectivity index (χ4v) is 2.50. The third-order valence-electron chi connectivity index (χ3n) is 3.15. The first-order chi connectivity index (χ1) is 10.2. The molecule has 0 atom stereocenters. The van der Waals surface area contributed by atoms with Crippen LogP contribution in [-0.4, -0.2) is 14.8 Å². The zero-order chi connectivity index (χ0) is 14.7. The summed E-state index contributed by atoms with van der Waals surface area (Å²) in [6, 6.07) is 12.2. The number of aromatic nitrogens is 3. The zero-order valence-electron chi connectivity index (χ0n) is 11.6. The molecule has 0 aliphatic carbocycles. The maximum Gasteiger partial charge on any atom is 0.0695 e. The second kappa shape index (κ2) is 6.10. The molecule has 5 heteroatoms. The molecule has 0 saturated carbocycles. The van der Waals surface area contributed by atoms with Crippen LogP contribution in [0.4, 0.5) is 5.69 Å². The van der Waals surface area contributed by atoms with Crippen LogP contribution in [-0.2, 0) is 6.54 Å². The van der Waals surface area contributed by atoms with Crippen molar-refractivity contribution in [2.24, 2.45) is 0 Å². The lowest BCUT2D eigenvalue weighted by atomic mass is 10.1. The summed E-state index contributed by atoms with van der Waals surface area (Å²) < 4.78 is 2.87. The van der Waals surface area contributed by atoms with Gasteiger partial charge in [-0.15, -0.1) is 0 Å². The Kier molecular flexibility index (Phi) is 4.01. The van der Waals surface area contributed by atoms with E-state index in [9.17, 15) is 0 Å². The second-order valence-electron chi connectivity index (χ2n) is 4.78. The van der Waals surface area contributed by atoms with Crippen LogP contribution in [0.5, 0.6) is 0 Å². The van der Waals surface area contributed by atoms with Crippen LogP contribution >= 0.6 is 15.9 Å². The van der Waals surface area contributed by atoms with Crippen LogP contribution in [0.15, 0.2) is 59.5 Å². The van der Waals surface area contributed by atoms with E-state index in [0.29, 0.717) is 6.54 Å². The van der Waals surface area contributed by atoms with Gasteiger partial charge in [0, 0.05) is 23.4 Å². The summed E-state index contributed by atoms with van der Waals surface area (Å²) in [5.74, 6) is 0. The molecule has 0 spiro atoms. The van der Waals surface area contributed by atoms with Crippen molar-refractivity contribution in [1.82, 2.24) is 14.8 Å². The Bertz CT molecular complexity index is 751. The summed E-state index contributed by atoms with van der Waals surface area (Å²) in [5.41, 5.74) is 4.26. The first-order valence-corrected chi connectivity index (χ1v) is 7.46. The van der Waals surface area contributed by atoms with E-state index in [-0.39, 0.29) is 0 Å². The summed E-state index contributed by atoms with van der Waals surface area (Å²) in [4.78, 5) is 4.15. The predicted octanol–water partition coefficient (Wildman–Crippen LogP) is 3.95. The van der Waals surface area contributed by atoms with E-state index < -0.39 is 0 Å². The summed E-state index contributed by atoms with van der Waals surface area (Å²) in [5, 5.41) is 7.86. The van der Waals surface area contributed by atoms with Gasteiger partial charge in [-0.1, -0.05) is 18.2 Å². The Morgan fingerprint density at radius 2 is 2.05 bits per heavy atom. The normalized spacial score (nSPS) is 10.6. The van der Waals surface area contributed by atoms with Gasteiger partial charge in [0.15, 0.2) is 0 Å². The molecule has 2 aromatic heterocycles. The summed E-state index contributed by atoms with van der Waals surface area (Å²) in [6.45, 7) is 2.71. The first kappa shape index (κ1) is 13.8. The average molecular weight is 343 g/mol. The van der Waals surface area contributed by atoms with Crippen LogP contribution < -0.4 is 5.32 Å². The van der Waals surface area contributed by atoms with Crippen LogP contribution in [0.2, 0.25) is 0 Å². The molecule has 3 aromatic rings. The van der Waals surface area contributed by atoms with Crippen molar-refractivity contribution in [3.63, 3.8) is 0 Å². The van der Waals surface area contributed by atoms with Gasteiger partial charge in [0.1, 0.15) is 0 Å². The Morgan fingerprint density at radius 3 is 2.81 bits per heavy atom. The van der Waals surface area contributed by atoms with Gasteiger partial charge >= 0.3 is 0 Å². The number of para-hydroxylation sites is 1. The molecule has 0 saturated heterocycles. The standard InChI is InChI=1S/C16H15BrN4/c1-12-6-7-21(20-12)16-5-3-2-4-13(16)9-19-15-8-14(17)10-18-11-15/h2-8,10-11,19H,9H2,1H3. The van der Waals surface area contributed by atoms with Crippen molar-refractivity contribution in [1.29, 1.82) is 0 Å². The molecule has 0 bridgehead atoms. The van der Waals surface area contributed by atoms with E-state index in [4.69, 9.17) is 0 Å². The summed E-state index contributed by atoms with van der Waals surface area (Å²) >= 11 is 3.43. The number of nitrogens with one attached hydrogen (secondary N) is 1. The minimum atomic E-state index is 0.715. The number of anilines is 1.